The summed E-state index contributed by atoms with van der Waals surface area (Å²) in [4.78, 5) is 34.1. The van der Waals surface area contributed by atoms with Crippen LogP contribution in [0.4, 0.5) is 17.1 Å². The van der Waals surface area contributed by atoms with Gasteiger partial charge < -0.3 is 20.1 Å². The first-order valence-electron chi connectivity index (χ1n) is 11.3. The summed E-state index contributed by atoms with van der Waals surface area (Å²) in [5.74, 6) is -0.389. The number of nitrogens with two attached hydrogens (primary N) is 1. The number of imidazole rings is 1. The third kappa shape index (κ3) is 3.77. The molecule has 3 heterocycles. The fourth-order valence-electron chi connectivity index (χ4n) is 5.03. The van der Waals surface area contributed by atoms with Crippen LogP contribution in [0.5, 0.6) is 0 Å². The normalized spacial score (nSPS) is 19.2. The molecule has 0 saturated carbocycles. The van der Waals surface area contributed by atoms with E-state index in [2.05, 4.69) is 37.0 Å². The lowest BCUT2D eigenvalue weighted by Gasteiger charge is -2.23. The molecule has 2 aliphatic rings. The first-order chi connectivity index (χ1) is 15.7. The lowest BCUT2D eigenvalue weighted by molar-refractivity contribution is -0.124. The average Bonchev–Trinajstić information content (AvgIpc) is 3.44. The van der Waals surface area contributed by atoms with Crippen LogP contribution in [0.1, 0.15) is 37.1 Å². The van der Waals surface area contributed by atoms with E-state index in [0.29, 0.717) is 18.8 Å². The Kier molecular flexibility index (Phi) is 5.00. The van der Waals surface area contributed by atoms with Crippen molar-refractivity contribution in [2.24, 2.45) is 13.0 Å². The maximum atomic E-state index is 13.6. The molecule has 7 nitrogen and oxygen atoms in total. The minimum atomic E-state index is -0.366. The number of rotatable bonds is 4. The van der Waals surface area contributed by atoms with Crippen LogP contribution in [0.3, 0.4) is 0 Å². The Morgan fingerprint density at radius 2 is 2.03 bits per heavy atom. The van der Waals surface area contributed by atoms with Gasteiger partial charge >= 0.3 is 0 Å². The summed E-state index contributed by atoms with van der Waals surface area (Å²) in [6, 6.07) is 13.6. The van der Waals surface area contributed by atoms with Crippen molar-refractivity contribution in [2.45, 2.75) is 32.1 Å². The Balaban J connectivity index is 1.38. The number of amides is 2. The molecular formula is C26H29N5O2. The first-order valence-corrected chi connectivity index (χ1v) is 11.3. The van der Waals surface area contributed by atoms with Gasteiger partial charge in [-0.05, 0) is 35.4 Å². The van der Waals surface area contributed by atoms with Gasteiger partial charge in [0.25, 0.3) is 0 Å². The van der Waals surface area contributed by atoms with Crippen LogP contribution >= 0.6 is 0 Å². The Labute approximate surface area is 193 Å². The number of hydrogen-bond acceptors (Lipinski definition) is 4. The SMILES string of the molecule is Cn1cncc1Cc1ccc2c(c1)C(C)(C)CN2C(=O)C1CC(=O)N(c2cccc(N)c2)C1. The van der Waals surface area contributed by atoms with Crippen LogP contribution < -0.4 is 15.5 Å². The number of nitrogen functional groups attached to an aromatic ring is 1. The van der Waals surface area contributed by atoms with E-state index >= 15 is 0 Å². The number of carbonyl (C=O) groups excluding carboxylic acids is 2. The zero-order valence-corrected chi connectivity index (χ0v) is 19.3. The fourth-order valence-corrected chi connectivity index (χ4v) is 5.03. The van der Waals surface area contributed by atoms with E-state index in [1.807, 2.05) is 41.2 Å². The molecule has 0 spiro atoms. The van der Waals surface area contributed by atoms with E-state index in [0.717, 1.165) is 23.5 Å². The number of aryl methyl sites for hydroxylation is 1. The second-order valence-electron chi connectivity index (χ2n) is 9.83. The standard InChI is InChI=1S/C26H29N5O2/c1-26(2)15-31(23-8-7-17(10-22(23)26)9-21-13-28-16-29(21)3)25(33)18-11-24(32)30(14-18)20-6-4-5-19(27)12-20/h4-8,10,12-13,16,18H,9,11,14-15,27H2,1-3H3. The highest BCUT2D eigenvalue weighted by Gasteiger charge is 2.43. The molecule has 0 bridgehead atoms. The van der Waals surface area contributed by atoms with Gasteiger partial charge in [-0.1, -0.05) is 32.0 Å². The molecule has 3 aromatic rings. The predicted octanol–water partition coefficient (Wildman–Crippen LogP) is 3.27. The molecule has 1 unspecified atom stereocenters. The van der Waals surface area contributed by atoms with Crippen molar-refractivity contribution >= 4 is 28.9 Å². The molecule has 0 aliphatic carbocycles. The van der Waals surface area contributed by atoms with Gasteiger partial charge in [0, 0.05) is 67.3 Å². The number of fused-ring (bicyclic) bond motifs is 1. The number of benzene rings is 2. The van der Waals surface area contributed by atoms with E-state index < -0.39 is 0 Å². The van der Waals surface area contributed by atoms with Crippen molar-refractivity contribution in [3.8, 4) is 0 Å². The van der Waals surface area contributed by atoms with Gasteiger partial charge in [-0.25, -0.2) is 4.98 Å². The largest absolute Gasteiger partial charge is 0.399 e. The zero-order valence-electron chi connectivity index (χ0n) is 19.3. The molecule has 2 amide bonds. The van der Waals surface area contributed by atoms with Gasteiger partial charge in [0.15, 0.2) is 0 Å². The summed E-state index contributed by atoms with van der Waals surface area (Å²) >= 11 is 0. The van der Waals surface area contributed by atoms with E-state index in [1.165, 1.54) is 11.1 Å². The lowest BCUT2D eigenvalue weighted by Crippen LogP contribution is -2.39. The maximum Gasteiger partial charge on any atom is 0.232 e. The zero-order chi connectivity index (χ0) is 23.3. The molecular weight excluding hydrogens is 414 g/mol. The maximum absolute atomic E-state index is 13.6. The number of anilines is 3. The molecule has 1 aromatic heterocycles. The van der Waals surface area contributed by atoms with Gasteiger partial charge in [0.2, 0.25) is 11.8 Å². The minimum Gasteiger partial charge on any atom is -0.399 e. The van der Waals surface area contributed by atoms with Crippen molar-refractivity contribution in [1.29, 1.82) is 0 Å². The quantitative estimate of drug-likeness (QED) is 0.627. The summed E-state index contributed by atoms with van der Waals surface area (Å²) < 4.78 is 2.03. The Morgan fingerprint density at radius 3 is 2.76 bits per heavy atom. The van der Waals surface area contributed by atoms with Crippen molar-refractivity contribution in [3.05, 3.63) is 71.8 Å². The van der Waals surface area contributed by atoms with Gasteiger partial charge in [0.05, 0.1) is 12.2 Å². The highest BCUT2D eigenvalue weighted by molar-refractivity contribution is 6.05. The average molecular weight is 444 g/mol. The van der Waals surface area contributed by atoms with E-state index in [-0.39, 0.29) is 29.6 Å². The lowest BCUT2D eigenvalue weighted by atomic mass is 9.86. The molecule has 2 aromatic carbocycles. The van der Waals surface area contributed by atoms with Crippen LogP contribution in [0.2, 0.25) is 0 Å². The van der Waals surface area contributed by atoms with Crippen molar-refractivity contribution in [1.82, 2.24) is 9.55 Å². The second kappa shape index (κ2) is 7.76. The smallest absolute Gasteiger partial charge is 0.232 e. The Morgan fingerprint density at radius 1 is 1.21 bits per heavy atom. The highest BCUT2D eigenvalue weighted by Crippen LogP contribution is 2.42. The van der Waals surface area contributed by atoms with Crippen LogP contribution in [-0.2, 0) is 28.5 Å². The van der Waals surface area contributed by atoms with Crippen molar-refractivity contribution in [2.75, 3.05) is 28.6 Å². The molecule has 1 saturated heterocycles. The van der Waals surface area contributed by atoms with Crippen LogP contribution in [0, 0.1) is 5.92 Å². The van der Waals surface area contributed by atoms with E-state index in [1.54, 1.807) is 17.0 Å². The van der Waals surface area contributed by atoms with Gasteiger partial charge in [-0.15, -0.1) is 0 Å². The summed E-state index contributed by atoms with van der Waals surface area (Å²) in [6.45, 7) is 5.34. The minimum absolute atomic E-state index is 0.0148. The number of carbonyl (C=O) groups is 2. The third-order valence-electron chi connectivity index (χ3n) is 6.86. The second-order valence-corrected chi connectivity index (χ2v) is 9.83. The van der Waals surface area contributed by atoms with E-state index in [4.69, 9.17) is 5.73 Å². The summed E-state index contributed by atoms with van der Waals surface area (Å²) in [5, 5.41) is 0. The first kappa shape index (κ1) is 21.2. The number of hydrogen-bond donors (Lipinski definition) is 1. The molecule has 170 valence electrons. The van der Waals surface area contributed by atoms with Crippen LogP contribution in [0.25, 0.3) is 0 Å². The molecule has 0 radical (unpaired) electrons. The summed E-state index contributed by atoms with van der Waals surface area (Å²) in [5.41, 5.74) is 11.5. The molecule has 7 heteroatoms. The monoisotopic (exact) mass is 443 g/mol. The molecule has 1 atom stereocenters. The van der Waals surface area contributed by atoms with E-state index in [9.17, 15) is 9.59 Å². The predicted molar refractivity (Wildman–Crippen MR) is 129 cm³/mol. The van der Waals surface area contributed by atoms with Crippen LogP contribution in [-0.4, -0.2) is 34.5 Å². The summed E-state index contributed by atoms with van der Waals surface area (Å²) in [6.07, 6.45) is 4.71. The Bertz CT molecular complexity index is 1240. The molecule has 5 rings (SSSR count). The summed E-state index contributed by atoms with van der Waals surface area (Å²) in [7, 11) is 2.00. The van der Waals surface area contributed by atoms with Crippen LogP contribution in [0.15, 0.2) is 55.0 Å². The molecule has 1 fully saturated rings. The number of nitrogens with zero attached hydrogens (tertiary/aromatic N) is 4. The topological polar surface area (TPSA) is 84.5 Å². The van der Waals surface area contributed by atoms with Crippen molar-refractivity contribution < 1.29 is 9.59 Å². The molecule has 33 heavy (non-hydrogen) atoms. The van der Waals surface area contributed by atoms with Gasteiger partial charge in [0.1, 0.15) is 0 Å². The van der Waals surface area contributed by atoms with Gasteiger partial charge in [-0.3, -0.25) is 9.59 Å². The van der Waals surface area contributed by atoms with Crippen molar-refractivity contribution in [3.63, 3.8) is 0 Å². The number of aromatic nitrogens is 2. The fraction of sp³-hybridized carbons (Fsp3) is 0.346. The van der Waals surface area contributed by atoms with Gasteiger partial charge in [-0.2, -0.15) is 0 Å². The third-order valence-corrected chi connectivity index (χ3v) is 6.86. The Hall–Kier alpha value is -3.61. The molecule has 2 N–H and O–H groups in total. The highest BCUT2D eigenvalue weighted by atomic mass is 16.2. The molecule has 2 aliphatic heterocycles.